The zero-order valence-electron chi connectivity index (χ0n) is 13.9. The summed E-state index contributed by atoms with van der Waals surface area (Å²) in [7, 11) is -3.39. The normalized spacial score (nSPS) is 11.3. The minimum atomic E-state index is -3.39. The van der Waals surface area contributed by atoms with Crippen LogP contribution in [-0.2, 0) is 16.6 Å². The number of benzene rings is 2. The fraction of sp³-hybridized carbons (Fsp3) is 0.118. The molecule has 9 heteroatoms. The minimum Gasteiger partial charge on any atom is -0.358 e. The van der Waals surface area contributed by atoms with Crippen molar-refractivity contribution < 1.29 is 13.3 Å². The van der Waals surface area contributed by atoms with Gasteiger partial charge in [-0.2, -0.15) is 0 Å². The van der Waals surface area contributed by atoms with Crippen LogP contribution in [0.4, 0.5) is 11.5 Å². The van der Waals surface area contributed by atoms with Gasteiger partial charge in [-0.25, -0.2) is 18.0 Å². The molecule has 0 fully saturated rings. The van der Waals surface area contributed by atoms with E-state index >= 15 is 0 Å². The molecule has 0 saturated heterocycles. The zero-order valence-corrected chi connectivity index (χ0v) is 14.7. The molecule has 0 spiro atoms. The van der Waals surface area contributed by atoms with E-state index in [9.17, 15) is 18.5 Å². The van der Waals surface area contributed by atoms with Crippen LogP contribution in [0.15, 0.2) is 61.1 Å². The van der Waals surface area contributed by atoms with Gasteiger partial charge in [-0.1, -0.05) is 42.5 Å². The maximum Gasteiger partial charge on any atom is 0.342 e. The van der Waals surface area contributed by atoms with Crippen LogP contribution >= 0.6 is 0 Å². The highest BCUT2D eigenvalue weighted by molar-refractivity contribution is 7.92. The van der Waals surface area contributed by atoms with Gasteiger partial charge in [0.2, 0.25) is 10.0 Å². The average Bonchev–Trinajstić information content (AvgIpc) is 3.03. The molecule has 0 saturated carbocycles. The summed E-state index contributed by atoms with van der Waals surface area (Å²) < 4.78 is 27.0. The quantitative estimate of drug-likeness (QED) is 0.529. The van der Waals surface area contributed by atoms with Gasteiger partial charge in [-0.05, 0) is 22.1 Å². The number of anilines is 1. The summed E-state index contributed by atoms with van der Waals surface area (Å²) in [4.78, 5) is 14.3. The lowest BCUT2D eigenvalue weighted by molar-refractivity contribution is -0.392. The molecular formula is C17H16N4O4S. The fourth-order valence-corrected chi connectivity index (χ4v) is 3.18. The van der Waals surface area contributed by atoms with Crippen molar-refractivity contribution in [2.75, 3.05) is 11.0 Å². The topological polar surface area (TPSA) is 107 Å². The monoisotopic (exact) mass is 372 g/mol. The Labute approximate surface area is 150 Å². The van der Waals surface area contributed by atoms with Gasteiger partial charge < -0.3 is 10.1 Å². The van der Waals surface area contributed by atoms with Crippen molar-refractivity contribution in [3.8, 4) is 11.1 Å². The third-order valence-corrected chi connectivity index (χ3v) is 4.31. The number of aromatic nitrogens is 2. The first kappa shape index (κ1) is 17.6. The second kappa shape index (κ2) is 6.96. The second-order valence-electron chi connectivity index (χ2n) is 5.75. The summed E-state index contributed by atoms with van der Waals surface area (Å²) in [6, 6.07) is 14.5. The minimum absolute atomic E-state index is 0.0724. The Kier molecular flexibility index (Phi) is 4.72. The first-order valence-corrected chi connectivity index (χ1v) is 9.53. The van der Waals surface area contributed by atoms with Crippen molar-refractivity contribution in [2.45, 2.75) is 6.54 Å². The van der Waals surface area contributed by atoms with E-state index in [4.69, 9.17) is 0 Å². The Morgan fingerprint density at radius 3 is 2.50 bits per heavy atom. The molecule has 1 heterocycles. The Morgan fingerprint density at radius 2 is 1.85 bits per heavy atom. The van der Waals surface area contributed by atoms with Crippen LogP contribution < -0.4 is 4.72 Å². The molecular weight excluding hydrogens is 356 g/mol. The molecule has 2 aromatic carbocycles. The first-order chi connectivity index (χ1) is 12.3. The smallest absolute Gasteiger partial charge is 0.342 e. The van der Waals surface area contributed by atoms with Gasteiger partial charge in [-0.3, -0.25) is 4.72 Å². The van der Waals surface area contributed by atoms with Gasteiger partial charge in [-0.15, -0.1) is 0 Å². The number of imidazole rings is 1. The molecule has 0 aliphatic carbocycles. The largest absolute Gasteiger partial charge is 0.358 e. The summed E-state index contributed by atoms with van der Waals surface area (Å²) in [5.41, 5.74) is 2.94. The average molecular weight is 372 g/mol. The number of hydrogen-bond acceptors (Lipinski definition) is 5. The number of nitrogens with zero attached hydrogens (tertiary/aromatic N) is 3. The van der Waals surface area contributed by atoms with Crippen LogP contribution in [-0.4, -0.2) is 29.1 Å². The summed E-state index contributed by atoms with van der Waals surface area (Å²) in [5.74, 6) is -0.0724. The predicted octanol–water partition coefficient (Wildman–Crippen LogP) is 2.88. The van der Waals surface area contributed by atoms with Crippen LogP contribution in [0, 0.1) is 10.1 Å². The molecule has 0 unspecified atom stereocenters. The molecule has 134 valence electrons. The zero-order chi connectivity index (χ0) is 18.7. The molecule has 0 bridgehead atoms. The van der Waals surface area contributed by atoms with Gasteiger partial charge >= 0.3 is 5.82 Å². The lowest BCUT2D eigenvalue weighted by Gasteiger charge is -2.11. The van der Waals surface area contributed by atoms with Gasteiger partial charge in [0, 0.05) is 5.56 Å². The molecule has 8 nitrogen and oxygen atoms in total. The SMILES string of the molecule is CS(=O)(=O)Nc1ccccc1-c1ccc(Cn2cncc2[N+](=O)[O-])cc1. The van der Waals surface area contributed by atoms with Crippen LogP contribution in [0.3, 0.4) is 0 Å². The molecule has 3 aromatic rings. The number of sulfonamides is 1. The molecule has 1 aromatic heterocycles. The van der Waals surface area contributed by atoms with E-state index in [-0.39, 0.29) is 5.82 Å². The van der Waals surface area contributed by atoms with Crippen molar-refractivity contribution >= 4 is 21.5 Å². The molecule has 0 radical (unpaired) electrons. The molecule has 1 N–H and O–H groups in total. The van der Waals surface area contributed by atoms with E-state index in [2.05, 4.69) is 9.71 Å². The number of hydrogen-bond donors (Lipinski definition) is 1. The lowest BCUT2D eigenvalue weighted by Crippen LogP contribution is -2.10. The Balaban J connectivity index is 1.87. The van der Waals surface area contributed by atoms with Gasteiger partial charge in [0.1, 0.15) is 12.7 Å². The lowest BCUT2D eigenvalue weighted by atomic mass is 10.0. The number of nitro groups is 1. The molecule has 0 atom stereocenters. The molecule has 0 aliphatic heterocycles. The number of nitrogens with one attached hydrogen (secondary N) is 1. The highest BCUT2D eigenvalue weighted by Crippen LogP contribution is 2.29. The van der Waals surface area contributed by atoms with Crippen molar-refractivity contribution in [3.05, 3.63) is 76.7 Å². The van der Waals surface area contributed by atoms with E-state index in [1.165, 1.54) is 17.1 Å². The van der Waals surface area contributed by atoms with Gasteiger partial charge in [0.25, 0.3) is 0 Å². The summed E-state index contributed by atoms with van der Waals surface area (Å²) in [6.45, 7) is 0.319. The molecule has 3 rings (SSSR count). The first-order valence-electron chi connectivity index (χ1n) is 7.64. The molecule has 0 amide bonds. The van der Waals surface area contributed by atoms with Crippen molar-refractivity contribution in [2.24, 2.45) is 0 Å². The fourth-order valence-electron chi connectivity index (χ4n) is 2.60. The second-order valence-corrected chi connectivity index (χ2v) is 7.50. The van der Waals surface area contributed by atoms with Crippen LogP contribution in [0.25, 0.3) is 11.1 Å². The third kappa shape index (κ3) is 4.06. The van der Waals surface area contributed by atoms with Gasteiger partial charge in [0.15, 0.2) is 6.33 Å². The van der Waals surface area contributed by atoms with Crippen LogP contribution in [0.2, 0.25) is 0 Å². The van der Waals surface area contributed by atoms with Crippen LogP contribution in [0.5, 0.6) is 0 Å². The Bertz CT molecular complexity index is 1040. The number of para-hydroxylation sites is 1. The van der Waals surface area contributed by atoms with E-state index in [0.717, 1.165) is 22.9 Å². The Morgan fingerprint density at radius 1 is 1.15 bits per heavy atom. The van der Waals surface area contributed by atoms with Gasteiger partial charge in [0.05, 0.1) is 11.9 Å². The summed E-state index contributed by atoms with van der Waals surface area (Å²) in [6.07, 6.45) is 3.73. The highest BCUT2D eigenvalue weighted by Gasteiger charge is 2.14. The van der Waals surface area contributed by atoms with E-state index in [0.29, 0.717) is 12.2 Å². The van der Waals surface area contributed by atoms with E-state index < -0.39 is 14.9 Å². The van der Waals surface area contributed by atoms with Crippen LogP contribution in [0.1, 0.15) is 5.56 Å². The third-order valence-electron chi connectivity index (χ3n) is 3.72. The summed E-state index contributed by atoms with van der Waals surface area (Å²) in [5, 5.41) is 11.0. The van der Waals surface area contributed by atoms with E-state index in [1.807, 2.05) is 36.4 Å². The number of rotatable bonds is 6. The molecule has 0 aliphatic rings. The van der Waals surface area contributed by atoms with Crippen molar-refractivity contribution in [1.29, 1.82) is 0 Å². The van der Waals surface area contributed by atoms with E-state index in [1.54, 1.807) is 12.1 Å². The standard InChI is InChI=1S/C17H16N4O4S/c1-26(24,25)19-16-5-3-2-4-15(16)14-8-6-13(7-9-14)11-20-12-18-10-17(20)21(22)23/h2-10,12,19H,11H2,1H3. The molecule has 26 heavy (non-hydrogen) atoms. The predicted molar refractivity (Wildman–Crippen MR) is 98.3 cm³/mol. The van der Waals surface area contributed by atoms with Crippen molar-refractivity contribution in [3.63, 3.8) is 0 Å². The Hall–Kier alpha value is -3.20. The maximum atomic E-state index is 11.5. The van der Waals surface area contributed by atoms with Crippen molar-refractivity contribution in [1.82, 2.24) is 9.55 Å². The maximum absolute atomic E-state index is 11.5. The highest BCUT2D eigenvalue weighted by atomic mass is 32.2. The summed E-state index contributed by atoms with van der Waals surface area (Å²) >= 11 is 0.